The van der Waals surface area contributed by atoms with Gasteiger partial charge in [-0.05, 0) is 30.1 Å². The zero-order valence-electron chi connectivity index (χ0n) is 15.4. The molecule has 144 valence electrons. The van der Waals surface area contributed by atoms with Crippen LogP contribution in [-0.2, 0) is 14.3 Å². The standard InChI is InChI=1S/C21H24ClNO4/c1-26-21(25)17(10-13-6-3-2-4-7-13)23-12-15-11-14-8-5-9-16(22)18(14)27-19(15)20(23)24/h5,8-9,11,13,17,19H,2-4,6-7,10,12H2,1H3. The first-order valence-electron chi connectivity index (χ1n) is 9.62. The molecular formula is C21H24ClNO4. The number of nitrogens with zero attached hydrogens (tertiary/aromatic N) is 1. The number of hydrogen-bond acceptors (Lipinski definition) is 4. The Bertz CT molecular complexity index is 784. The summed E-state index contributed by atoms with van der Waals surface area (Å²) in [5.74, 6) is 0.464. The number of hydrogen-bond donors (Lipinski definition) is 0. The van der Waals surface area contributed by atoms with E-state index in [4.69, 9.17) is 21.1 Å². The van der Waals surface area contributed by atoms with Crippen LogP contribution in [0.15, 0.2) is 23.8 Å². The Morgan fingerprint density at radius 3 is 2.85 bits per heavy atom. The van der Waals surface area contributed by atoms with Crippen LogP contribution in [0, 0.1) is 5.92 Å². The van der Waals surface area contributed by atoms with E-state index < -0.39 is 12.1 Å². The lowest BCUT2D eigenvalue weighted by Crippen LogP contribution is -2.46. The molecule has 5 nitrogen and oxygen atoms in total. The molecule has 1 saturated carbocycles. The van der Waals surface area contributed by atoms with Gasteiger partial charge < -0.3 is 14.4 Å². The Morgan fingerprint density at radius 1 is 1.33 bits per heavy atom. The smallest absolute Gasteiger partial charge is 0.328 e. The average molecular weight is 390 g/mol. The van der Waals surface area contributed by atoms with E-state index in [0.29, 0.717) is 29.7 Å². The van der Waals surface area contributed by atoms with Gasteiger partial charge in [0.05, 0.1) is 12.1 Å². The van der Waals surface area contributed by atoms with Crippen molar-refractivity contribution in [2.24, 2.45) is 5.92 Å². The van der Waals surface area contributed by atoms with Gasteiger partial charge in [0.1, 0.15) is 11.8 Å². The summed E-state index contributed by atoms with van der Waals surface area (Å²) in [6, 6.07) is 4.96. The number of para-hydroxylation sites is 1. The highest BCUT2D eigenvalue weighted by molar-refractivity contribution is 6.32. The largest absolute Gasteiger partial charge is 0.474 e. The first-order valence-corrected chi connectivity index (χ1v) is 10.00. The summed E-state index contributed by atoms with van der Waals surface area (Å²) in [5, 5.41) is 0.487. The van der Waals surface area contributed by atoms with Gasteiger partial charge in [-0.25, -0.2) is 4.79 Å². The number of methoxy groups -OCH3 is 1. The van der Waals surface area contributed by atoms with Gasteiger partial charge in [-0.3, -0.25) is 4.79 Å². The summed E-state index contributed by atoms with van der Waals surface area (Å²) in [6.07, 6.45) is 7.78. The molecule has 3 aliphatic rings. The average Bonchev–Trinajstić information content (AvgIpc) is 3.01. The van der Waals surface area contributed by atoms with Crippen LogP contribution in [-0.4, -0.2) is 42.6 Å². The maximum absolute atomic E-state index is 13.1. The van der Waals surface area contributed by atoms with Crippen molar-refractivity contribution in [1.29, 1.82) is 0 Å². The van der Waals surface area contributed by atoms with Crippen molar-refractivity contribution in [2.75, 3.05) is 13.7 Å². The maximum atomic E-state index is 13.1. The van der Waals surface area contributed by atoms with E-state index >= 15 is 0 Å². The summed E-state index contributed by atoms with van der Waals surface area (Å²) in [5.41, 5.74) is 1.73. The maximum Gasteiger partial charge on any atom is 0.328 e. The Labute approximate surface area is 164 Å². The molecule has 0 bridgehead atoms. The molecule has 2 unspecified atom stereocenters. The normalized spacial score (nSPS) is 23.2. The van der Waals surface area contributed by atoms with Crippen molar-refractivity contribution in [1.82, 2.24) is 4.90 Å². The third kappa shape index (κ3) is 3.45. The molecule has 0 radical (unpaired) electrons. The molecule has 0 N–H and O–H groups in total. The third-order valence-corrected chi connectivity index (χ3v) is 6.20. The van der Waals surface area contributed by atoms with Crippen molar-refractivity contribution >= 4 is 29.6 Å². The molecule has 0 aromatic heterocycles. The summed E-state index contributed by atoms with van der Waals surface area (Å²) < 4.78 is 11.0. The quantitative estimate of drug-likeness (QED) is 0.734. The lowest BCUT2D eigenvalue weighted by Gasteiger charge is -2.30. The first kappa shape index (κ1) is 18.4. The van der Waals surface area contributed by atoms with E-state index in [1.807, 2.05) is 18.2 Å². The Balaban J connectivity index is 1.57. The number of halogens is 1. The van der Waals surface area contributed by atoms with Gasteiger partial charge in [0.2, 0.25) is 6.10 Å². The molecule has 1 amide bonds. The minimum absolute atomic E-state index is 0.182. The Hall–Kier alpha value is -2.01. The predicted octanol–water partition coefficient (Wildman–Crippen LogP) is 3.84. The highest BCUT2D eigenvalue weighted by Crippen LogP contribution is 2.40. The summed E-state index contributed by atoms with van der Waals surface area (Å²) >= 11 is 6.23. The number of amides is 1. The van der Waals surface area contributed by atoms with E-state index in [9.17, 15) is 9.59 Å². The molecule has 2 heterocycles. The molecule has 1 aliphatic carbocycles. The van der Waals surface area contributed by atoms with Gasteiger partial charge in [0.15, 0.2) is 0 Å². The number of carbonyl (C=O) groups excluding carboxylic acids is 2. The van der Waals surface area contributed by atoms with E-state index in [1.54, 1.807) is 11.0 Å². The Morgan fingerprint density at radius 2 is 2.11 bits per heavy atom. The van der Waals surface area contributed by atoms with Gasteiger partial charge in [0.25, 0.3) is 5.91 Å². The number of fused-ring (bicyclic) bond motifs is 2. The molecule has 0 spiro atoms. The van der Waals surface area contributed by atoms with Crippen LogP contribution in [0.4, 0.5) is 0 Å². The zero-order valence-corrected chi connectivity index (χ0v) is 16.2. The minimum atomic E-state index is -0.698. The second-order valence-corrected chi connectivity index (χ2v) is 8.03. The molecule has 2 aliphatic heterocycles. The van der Waals surface area contributed by atoms with E-state index in [2.05, 4.69) is 0 Å². The second kappa shape index (κ2) is 7.55. The monoisotopic (exact) mass is 389 g/mol. The Kier molecular flexibility index (Phi) is 5.13. The molecule has 1 saturated heterocycles. The van der Waals surface area contributed by atoms with Crippen LogP contribution in [0.5, 0.6) is 5.75 Å². The van der Waals surface area contributed by atoms with Gasteiger partial charge in [-0.15, -0.1) is 0 Å². The van der Waals surface area contributed by atoms with E-state index in [0.717, 1.165) is 24.0 Å². The van der Waals surface area contributed by atoms with E-state index in [1.165, 1.54) is 26.4 Å². The van der Waals surface area contributed by atoms with Gasteiger partial charge in [-0.1, -0.05) is 55.8 Å². The molecule has 1 aromatic rings. The number of rotatable bonds is 4. The molecule has 27 heavy (non-hydrogen) atoms. The summed E-state index contributed by atoms with van der Waals surface area (Å²) in [4.78, 5) is 27.2. The molecular weight excluding hydrogens is 366 g/mol. The number of likely N-dealkylation sites (tertiary alicyclic amines) is 1. The molecule has 4 rings (SSSR count). The van der Waals surface area contributed by atoms with Crippen LogP contribution in [0.25, 0.3) is 6.08 Å². The van der Waals surface area contributed by atoms with Crippen molar-refractivity contribution in [3.63, 3.8) is 0 Å². The summed E-state index contributed by atoms with van der Waals surface area (Å²) in [6.45, 7) is 0.391. The topological polar surface area (TPSA) is 55.8 Å². The van der Waals surface area contributed by atoms with Crippen LogP contribution in [0.2, 0.25) is 5.02 Å². The summed E-state index contributed by atoms with van der Waals surface area (Å²) in [7, 11) is 1.38. The van der Waals surface area contributed by atoms with Crippen LogP contribution in [0.1, 0.15) is 44.1 Å². The predicted molar refractivity (Wildman–Crippen MR) is 103 cm³/mol. The van der Waals surface area contributed by atoms with Gasteiger partial charge >= 0.3 is 5.97 Å². The first-order chi connectivity index (χ1) is 13.1. The SMILES string of the molecule is COC(=O)C(CC1CCCCC1)N1CC2=Cc3cccc(Cl)c3OC2C1=O. The van der Waals surface area contributed by atoms with E-state index in [-0.39, 0.29) is 11.9 Å². The van der Waals surface area contributed by atoms with Crippen molar-refractivity contribution in [2.45, 2.75) is 50.7 Å². The van der Waals surface area contributed by atoms with Crippen LogP contribution < -0.4 is 4.74 Å². The second-order valence-electron chi connectivity index (χ2n) is 7.62. The molecule has 2 atom stereocenters. The fourth-order valence-corrected chi connectivity index (χ4v) is 4.71. The van der Waals surface area contributed by atoms with Crippen LogP contribution >= 0.6 is 11.6 Å². The lowest BCUT2D eigenvalue weighted by atomic mass is 9.84. The number of benzene rings is 1. The van der Waals surface area contributed by atoms with Gasteiger partial charge in [0, 0.05) is 12.1 Å². The molecule has 6 heteroatoms. The van der Waals surface area contributed by atoms with Crippen molar-refractivity contribution in [3.05, 3.63) is 34.4 Å². The minimum Gasteiger partial charge on any atom is -0.474 e. The number of ether oxygens (including phenoxy) is 2. The van der Waals surface area contributed by atoms with Crippen LogP contribution in [0.3, 0.4) is 0 Å². The third-order valence-electron chi connectivity index (χ3n) is 5.90. The lowest BCUT2D eigenvalue weighted by molar-refractivity contribution is -0.153. The molecule has 1 aromatic carbocycles. The number of carbonyl (C=O) groups is 2. The van der Waals surface area contributed by atoms with Crippen molar-refractivity contribution < 1.29 is 19.1 Å². The zero-order chi connectivity index (χ0) is 19.0. The highest BCUT2D eigenvalue weighted by atomic mass is 35.5. The fourth-order valence-electron chi connectivity index (χ4n) is 4.48. The van der Waals surface area contributed by atoms with Gasteiger partial charge in [-0.2, -0.15) is 0 Å². The van der Waals surface area contributed by atoms with Crippen molar-refractivity contribution in [3.8, 4) is 5.75 Å². The number of esters is 1. The molecule has 2 fully saturated rings. The highest BCUT2D eigenvalue weighted by Gasteiger charge is 2.46. The fraction of sp³-hybridized carbons (Fsp3) is 0.524.